The third kappa shape index (κ3) is 4.34. The van der Waals surface area contributed by atoms with Crippen LogP contribution in [0.4, 0.5) is 11.5 Å². The van der Waals surface area contributed by atoms with Crippen molar-refractivity contribution in [2.24, 2.45) is 0 Å². The summed E-state index contributed by atoms with van der Waals surface area (Å²) >= 11 is 1.50. The van der Waals surface area contributed by atoms with Crippen LogP contribution in [-0.4, -0.2) is 52.0 Å². The number of ether oxygens (including phenoxy) is 1. The van der Waals surface area contributed by atoms with Crippen LogP contribution >= 0.6 is 11.8 Å². The second-order valence-electron chi connectivity index (χ2n) is 7.32. The maximum Gasteiger partial charge on any atom is 0.274 e. The highest BCUT2D eigenvalue weighted by atomic mass is 32.2. The summed E-state index contributed by atoms with van der Waals surface area (Å²) in [5.74, 6) is 0.656. The Kier molecular flexibility index (Phi) is 6.06. The first-order chi connectivity index (χ1) is 14.5. The summed E-state index contributed by atoms with van der Waals surface area (Å²) in [6, 6.07) is 13.6. The highest BCUT2D eigenvalue weighted by molar-refractivity contribution is 7.98. The molecule has 1 saturated heterocycles. The van der Waals surface area contributed by atoms with E-state index in [0.29, 0.717) is 11.4 Å². The quantitative estimate of drug-likeness (QED) is 0.629. The molecule has 1 aromatic carbocycles. The number of thioether (sulfide) groups is 1. The third-order valence-corrected chi connectivity index (χ3v) is 5.56. The predicted octanol–water partition coefficient (Wildman–Crippen LogP) is 3.86. The number of carbonyl (C=O) groups excluding carboxylic acids is 1. The molecule has 3 aromatic rings. The molecule has 1 N–H and O–H groups in total. The topological polar surface area (TPSA) is 72.3 Å². The molecule has 0 spiro atoms. The van der Waals surface area contributed by atoms with Gasteiger partial charge in [0.15, 0.2) is 5.16 Å². The van der Waals surface area contributed by atoms with Crippen molar-refractivity contribution in [2.75, 3.05) is 29.6 Å². The van der Waals surface area contributed by atoms with E-state index in [4.69, 9.17) is 4.74 Å². The van der Waals surface area contributed by atoms with Gasteiger partial charge in [-0.1, -0.05) is 30.0 Å². The molecule has 156 valence electrons. The molecular formula is C22H25N5O2S. The zero-order valence-corrected chi connectivity index (χ0v) is 18.1. The summed E-state index contributed by atoms with van der Waals surface area (Å²) in [4.78, 5) is 24.1. The Morgan fingerprint density at radius 2 is 1.80 bits per heavy atom. The highest BCUT2D eigenvalue weighted by Crippen LogP contribution is 2.23. The minimum absolute atomic E-state index is 0.166. The molecule has 0 bridgehead atoms. The number of nitrogens with zero attached hydrogens (tertiary/aromatic N) is 4. The Balaban J connectivity index is 1.52. The van der Waals surface area contributed by atoms with Gasteiger partial charge >= 0.3 is 0 Å². The van der Waals surface area contributed by atoms with E-state index in [1.165, 1.54) is 11.8 Å². The van der Waals surface area contributed by atoms with Gasteiger partial charge < -0.3 is 15.0 Å². The molecule has 1 amide bonds. The van der Waals surface area contributed by atoms with Crippen LogP contribution < -0.4 is 10.2 Å². The molecular weight excluding hydrogens is 398 g/mol. The van der Waals surface area contributed by atoms with Crippen molar-refractivity contribution in [3.63, 3.8) is 0 Å². The molecule has 0 unspecified atom stereocenters. The largest absolute Gasteiger partial charge is 0.372 e. The predicted molar refractivity (Wildman–Crippen MR) is 120 cm³/mol. The number of anilines is 2. The average molecular weight is 424 g/mol. The van der Waals surface area contributed by atoms with Crippen molar-refractivity contribution in [1.29, 1.82) is 0 Å². The van der Waals surface area contributed by atoms with Crippen LogP contribution in [0.15, 0.2) is 60.0 Å². The van der Waals surface area contributed by atoms with E-state index in [1.54, 1.807) is 12.4 Å². The van der Waals surface area contributed by atoms with E-state index in [-0.39, 0.29) is 18.1 Å². The van der Waals surface area contributed by atoms with Gasteiger partial charge in [-0.25, -0.2) is 9.97 Å². The van der Waals surface area contributed by atoms with Crippen molar-refractivity contribution in [2.45, 2.75) is 31.2 Å². The van der Waals surface area contributed by atoms with Crippen LogP contribution in [-0.2, 0) is 4.74 Å². The van der Waals surface area contributed by atoms with Gasteiger partial charge in [-0.15, -0.1) is 0 Å². The number of aromatic nitrogens is 3. The fourth-order valence-corrected chi connectivity index (χ4v) is 4.22. The maximum atomic E-state index is 13.0. The first kappa shape index (κ1) is 20.4. The second kappa shape index (κ2) is 8.89. The number of imidazole rings is 1. The Labute approximate surface area is 180 Å². The Morgan fingerprint density at radius 3 is 2.43 bits per heavy atom. The minimum atomic E-state index is -0.227. The van der Waals surface area contributed by atoms with Gasteiger partial charge in [0.2, 0.25) is 0 Å². The number of rotatable bonds is 5. The van der Waals surface area contributed by atoms with Crippen LogP contribution in [0.1, 0.15) is 24.3 Å². The fourth-order valence-electron chi connectivity index (χ4n) is 3.67. The molecule has 7 nitrogen and oxygen atoms in total. The lowest BCUT2D eigenvalue weighted by Crippen LogP contribution is -2.45. The van der Waals surface area contributed by atoms with E-state index >= 15 is 0 Å². The Hall–Kier alpha value is -2.84. The first-order valence-corrected chi connectivity index (χ1v) is 11.1. The Morgan fingerprint density at radius 1 is 1.07 bits per heavy atom. The molecule has 4 rings (SSSR count). The van der Waals surface area contributed by atoms with Gasteiger partial charge in [0.1, 0.15) is 11.5 Å². The number of carbonyl (C=O) groups is 1. The average Bonchev–Trinajstić information content (AvgIpc) is 3.18. The van der Waals surface area contributed by atoms with Crippen molar-refractivity contribution < 1.29 is 9.53 Å². The van der Waals surface area contributed by atoms with Crippen LogP contribution in [0.2, 0.25) is 0 Å². The molecule has 2 aromatic heterocycles. The van der Waals surface area contributed by atoms with Crippen LogP contribution in [0, 0.1) is 0 Å². The number of hydrogen-bond acceptors (Lipinski definition) is 6. The van der Waals surface area contributed by atoms with E-state index in [1.807, 2.05) is 53.3 Å². The van der Waals surface area contributed by atoms with Crippen LogP contribution in [0.25, 0.3) is 5.69 Å². The molecule has 1 aliphatic rings. The standard InChI is InChI=1S/C22H25N5O2S/c1-15-13-26(14-16(2)29-15)20-10-9-17(11-23-20)25-21(28)19-12-24-22(30-3)27(19)18-7-5-4-6-8-18/h4-12,15-16H,13-14H2,1-3H3,(H,25,28)/t15-,16+. The Bertz CT molecular complexity index is 996. The van der Waals surface area contributed by atoms with E-state index < -0.39 is 0 Å². The van der Waals surface area contributed by atoms with Crippen molar-refractivity contribution in [3.05, 3.63) is 60.6 Å². The number of hydrogen-bond donors (Lipinski definition) is 1. The zero-order valence-electron chi connectivity index (χ0n) is 17.3. The number of amides is 1. The van der Waals surface area contributed by atoms with Crippen molar-refractivity contribution >= 4 is 29.2 Å². The van der Waals surface area contributed by atoms with E-state index in [0.717, 1.165) is 29.8 Å². The van der Waals surface area contributed by atoms with Crippen LogP contribution in [0.5, 0.6) is 0 Å². The highest BCUT2D eigenvalue weighted by Gasteiger charge is 2.23. The molecule has 0 saturated carbocycles. The van der Waals surface area contributed by atoms with Gasteiger partial charge in [0.05, 0.1) is 30.3 Å². The van der Waals surface area contributed by atoms with Crippen molar-refractivity contribution in [3.8, 4) is 5.69 Å². The molecule has 3 heterocycles. The first-order valence-electron chi connectivity index (χ1n) is 9.90. The lowest BCUT2D eigenvalue weighted by Gasteiger charge is -2.36. The molecule has 0 radical (unpaired) electrons. The SMILES string of the molecule is CSc1ncc(C(=O)Nc2ccc(N3C[C@@H](C)O[C@@H](C)C3)nc2)n1-c1ccccc1. The van der Waals surface area contributed by atoms with E-state index in [2.05, 4.69) is 34.0 Å². The maximum absolute atomic E-state index is 13.0. The number of pyridine rings is 1. The third-order valence-electron chi connectivity index (χ3n) is 4.91. The molecule has 1 aliphatic heterocycles. The summed E-state index contributed by atoms with van der Waals surface area (Å²) in [6.45, 7) is 5.74. The summed E-state index contributed by atoms with van der Waals surface area (Å²) in [5.41, 5.74) is 2.02. The monoisotopic (exact) mass is 423 g/mol. The van der Waals surface area contributed by atoms with Gasteiger partial charge in [-0.05, 0) is 44.4 Å². The lowest BCUT2D eigenvalue weighted by atomic mass is 10.2. The molecule has 2 atom stereocenters. The summed E-state index contributed by atoms with van der Waals surface area (Å²) in [7, 11) is 0. The van der Waals surface area contributed by atoms with Gasteiger partial charge in [-0.2, -0.15) is 0 Å². The fraction of sp³-hybridized carbons (Fsp3) is 0.318. The summed E-state index contributed by atoms with van der Waals surface area (Å²) in [5, 5.41) is 3.70. The number of morpholine rings is 1. The zero-order chi connectivity index (χ0) is 21.1. The smallest absolute Gasteiger partial charge is 0.274 e. The molecule has 1 fully saturated rings. The number of benzene rings is 1. The normalized spacial score (nSPS) is 19.0. The van der Waals surface area contributed by atoms with Crippen molar-refractivity contribution in [1.82, 2.24) is 14.5 Å². The van der Waals surface area contributed by atoms with Gasteiger partial charge in [-0.3, -0.25) is 9.36 Å². The number of nitrogens with one attached hydrogen (secondary N) is 1. The summed E-state index contributed by atoms with van der Waals surface area (Å²) in [6.07, 6.45) is 5.57. The van der Waals surface area contributed by atoms with Gasteiger partial charge in [0, 0.05) is 18.8 Å². The second-order valence-corrected chi connectivity index (χ2v) is 8.10. The van der Waals surface area contributed by atoms with Crippen LogP contribution in [0.3, 0.4) is 0 Å². The number of para-hydroxylation sites is 1. The molecule has 8 heteroatoms. The molecule has 0 aliphatic carbocycles. The molecule has 30 heavy (non-hydrogen) atoms. The minimum Gasteiger partial charge on any atom is -0.372 e. The summed E-state index contributed by atoms with van der Waals surface area (Å²) < 4.78 is 7.65. The lowest BCUT2D eigenvalue weighted by molar-refractivity contribution is -0.00545. The van der Waals surface area contributed by atoms with Gasteiger partial charge in [0.25, 0.3) is 5.91 Å². The van der Waals surface area contributed by atoms with E-state index in [9.17, 15) is 4.79 Å².